The molecule has 1 aromatic carbocycles. The number of nitrogen functional groups attached to an aromatic ring is 1. The van der Waals surface area contributed by atoms with Crippen molar-refractivity contribution in [2.75, 3.05) is 23.7 Å². The lowest BCUT2D eigenvalue weighted by atomic mass is 10.2. The van der Waals surface area contributed by atoms with Gasteiger partial charge in [-0.15, -0.1) is 0 Å². The number of nitrogens with zero attached hydrogens (tertiary/aromatic N) is 4. The number of rotatable bonds is 4. The Morgan fingerprint density at radius 2 is 1.81 bits per heavy atom. The van der Waals surface area contributed by atoms with E-state index in [1.165, 1.54) is 5.56 Å². The van der Waals surface area contributed by atoms with Gasteiger partial charge in [0.15, 0.2) is 0 Å². The Hall–Kier alpha value is -2.37. The van der Waals surface area contributed by atoms with Gasteiger partial charge in [-0.3, -0.25) is 0 Å². The highest BCUT2D eigenvalue weighted by molar-refractivity contribution is 5.38. The Kier molecular flexibility index (Phi) is 3.85. The summed E-state index contributed by atoms with van der Waals surface area (Å²) in [5, 5.41) is 0. The Morgan fingerprint density at radius 1 is 1.10 bits per heavy atom. The zero-order valence-electron chi connectivity index (χ0n) is 12.1. The van der Waals surface area contributed by atoms with Gasteiger partial charge in [-0.1, -0.05) is 19.1 Å². The van der Waals surface area contributed by atoms with E-state index in [9.17, 15) is 0 Å². The predicted octanol–water partition coefficient (Wildman–Crippen LogP) is 2.41. The third-order valence-corrected chi connectivity index (χ3v) is 3.55. The first-order valence-electron chi connectivity index (χ1n) is 7.28. The number of aromatic nitrogens is 3. The smallest absolute Gasteiger partial charge is 0.328 e. The summed E-state index contributed by atoms with van der Waals surface area (Å²) in [6.07, 6.45) is 3.30. The maximum atomic E-state index is 5.76. The summed E-state index contributed by atoms with van der Waals surface area (Å²) in [7, 11) is 0. The molecule has 0 atom stereocenters. The van der Waals surface area contributed by atoms with Gasteiger partial charge in [-0.2, -0.15) is 15.0 Å². The summed E-state index contributed by atoms with van der Waals surface area (Å²) in [4.78, 5) is 14.7. The minimum absolute atomic E-state index is 0.187. The number of aryl methyl sites for hydroxylation is 1. The Balaban J connectivity index is 1.80. The van der Waals surface area contributed by atoms with E-state index in [1.54, 1.807) is 0 Å². The molecule has 1 aliphatic rings. The lowest BCUT2D eigenvalue weighted by Gasteiger charge is -2.15. The van der Waals surface area contributed by atoms with Crippen LogP contribution in [0.15, 0.2) is 24.3 Å². The van der Waals surface area contributed by atoms with Crippen molar-refractivity contribution in [1.29, 1.82) is 0 Å². The second kappa shape index (κ2) is 5.95. The molecule has 2 N–H and O–H groups in total. The standard InChI is InChI=1S/C15H19N5O/c1-2-11-5-7-12(8-6-11)21-15-18-13(16)17-14(19-15)20-9-3-4-10-20/h5-8H,2-4,9-10H2,1H3,(H2,16,17,18,19). The largest absolute Gasteiger partial charge is 0.424 e. The molecule has 0 saturated carbocycles. The van der Waals surface area contributed by atoms with E-state index in [4.69, 9.17) is 10.5 Å². The third kappa shape index (κ3) is 3.21. The minimum atomic E-state index is 0.187. The lowest BCUT2D eigenvalue weighted by molar-refractivity contribution is 0.440. The molecule has 110 valence electrons. The molecule has 1 aromatic heterocycles. The number of ether oxygens (including phenoxy) is 1. The van der Waals surface area contributed by atoms with Crippen LogP contribution in [0, 0.1) is 0 Å². The highest BCUT2D eigenvalue weighted by Crippen LogP contribution is 2.22. The molecule has 3 rings (SSSR count). The maximum absolute atomic E-state index is 5.76. The van der Waals surface area contributed by atoms with Gasteiger partial charge in [-0.05, 0) is 37.0 Å². The van der Waals surface area contributed by atoms with Gasteiger partial charge >= 0.3 is 6.01 Å². The average Bonchev–Trinajstić information content (AvgIpc) is 3.02. The van der Waals surface area contributed by atoms with E-state index in [2.05, 4.69) is 26.8 Å². The molecular formula is C15H19N5O. The first-order chi connectivity index (χ1) is 10.2. The first kappa shape index (κ1) is 13.6. The molecule has 2 aromatic rings. The van der Waals surface area contributed by atoms with Crippen LogP contribution in [-0.2, 0) is 6.42 Å². The number of hydrogen-bond acceptors (Lipinski definition) is 6. The molecule has 1 aliphatic heterocycles. The summed E-state index contributed by atoms with van der Waals surface area (Å²) in [6.45, 7) is 4.02. The molecule has 2 heterocycles. The molecule has 0 radical (unpaired) electrons. The molecule has 0 aliphatic carbocycles. The van der Waals surface area contributed by atoms with Crippen molar-refractivity contribution < 1.29 is 4.74 Å². The van der Waals surface area contributed by atoms with Gasteiger partial charge in [0, 0.05) is 13.1 Å². The number of nitrogens with two attached hydrogens (primary N) is 1. The van der Waals surface area contributed by atoms with Crippen LogP contribution in [0.25, 0.3) is 0 Å². The summed E-state index contributed by atoms with van der Waals surface area (Å²) in [6, 6.07) is 8.12. The van der Waals surface area contributed by atoms with Crippen molar-refractivity contribution >= 4 is 11.9 Å². The Bertz CT molecular complexity index is 608. The quantitative estimate of drug-likeness (QED) is 0.929. The second-order valence-electron chi connectivity index (χ2n) is 5.07. The van der Waals surface area contributed by atoms with E-state index in [0.29, 0.717) is 11.7 Å². The molecule has 0 bridgehead atoms. The molecule has 6 heteroatoms. The van der Waals surface area contributed by atoms with Gasteiger partial charge < -0.3 is 15.4 Å². The van der Waals surface area contributed by atoms with Crippen LogP contribution < -0.4 is 15.4 Å². The zero-order valence-corrected chi connectivity index (χ0v) is 12.1. The highest BCUT2D eigenvalue weighted by Gasteiger charge is 2.17. The van der Waals surface area contributed by atoms with E-state index < -0.39 is 0 Å². The molecule has 0 unspecified atom stereocenters. The fraction of sp³-hybridized carbons (Fsp3) is 0.400. The average molecular weight is 285 g/mol. The minimum Gasteiger partial charge on any atom is -0.424 e. The SMILES string of the molecule is CCc1ccc(Oc2nc(N)nc(N3CCCC3)n2)cc1. The Morgan fingerprint density at radius 3 is 2.48 bits per heavy atom. The molecule has 1 saturated heterocycles. The monoisotopic (exact) mass is 285 g/mol. The van der Waals surface area contributed by atoms with E-state index in [0.717, 1.165) is 32.4 Å². The van der Waals surface area contributed by atoms with E-state index >= 15 is 0 Å². The van der Waals surface area contributed by atoms with Crippen LogP contribution in [0.1, 0.15) is 25.3 Å². The number of anilines is 2. The van der Waals surface area contributed by atoms with Gasteiger partial charge in [0.2, 0.25) is 11.9 Å². The lowest BCUT2D eigenvalue weighted by Crippen LogP contribution is -2.21. The highest BCUT2D eigenvalue weighted by atomic mass is 16.5. The fourth-order valence-electron chi connectivity index (χ4n) is 2.36. The molecule has 1 fully saturated rings. The number of benzene rings is 1. The maximum Gasteiger partial charge on any atom is 0.328 e. The second-order valence-corrected chi connectivity index (χ2v) is 5.07. The van der Waals surface area contributed by atoms with Crippen molar-refractivity contribution in [2.24, 2.45) is 0 Å². The summed E-state index contributed by atoms with van der Waals surface area (Å²) >= 11 is 0. The number of hydrogen-bond donors (Lipinski definition) is 1. The van der Waals surface area contributed by atoms with Crippen molar-refractivity contribution in [3.63, 3.8) is 0 Å². The Labute approximate surface area is 124 Å². The van der Waals surface area contributed by atoms with Gasteiger partial charge in [0.05, 0.1) is 0 Å². The van der Waals surface area contributed by atoms with Crippen LogP contribution in [0.2, 0.25) is 0 Å². The third-order valence-electron chi connectivity index (χ3n) is 3.55. The van der Waals surface area contributed by atoms with Gasteiger partial charge in [-0.25, -0.2) is 0 Å². The van der Waals surface area contributed by atoms with Crippen molar-refractivity contribution in [3.8, 4) is 11.8 Å². The van der Waals surface area contributed by atoms with Crippen molar-refractivity contribution in [3.05, 3.63) is 29.8 Å². The normalized spacial score (nSPS) is 14.4. The summed E-state index contributed by atoms with van der Waals surface area (Å²) in [5.74, 6) is 1.48. The van der Waals surface area contributed by atoms with E-state index in [1.807, 2.05) is 24.3 Å². The molecule has 21 heavy (non-hydrogen) atoms. The van der Waals surface area contributed by atoms with Gasteiger partial charge in [0.1, 0.15) is 5.75 Å². The van der Waals surface area contributed by atoms with E-state index in [-0.39, 0.29) is 12.0 Å². The zero-order chi connectivity index (χ0) is 14.7. The van der Waals surface area contributed by atoms with Crippen LogP contribution >= 0.6 is 0 Å². The summed E-state index contributed by atoms with van der Waals surface area (Å²) < 4.78 is 5.69. The van der Waals surface area contributed by atoms with Crippen LogP contribution in [-0.4, -0.2) is 28.0 Å². The fourth-order valence-corrected chi connectivity index (χ4v) is 2.36. The van der Waals surface area contributed by atoms with Crippen LogP contribution in [0.4, 0.5) is 11.9 Å². The topological polar surface area (TPSA) is 77.2 Å². The summed E-state index contributed by atoms with van der Waals surface area (Å²) in [5.41, 5.74) is 7.02. The molecule has 0 amide bonds. The predicted molar refractivity (Wildman–Crippen MR) is 81.6 cm³/mol. The van der Waals surface area contributed by atoms with Crippen LogP contribution in [0.5, 0.6) is 11.8 Å². The molecular weight excluding hydrogens is 266 g/mol. The van der Waals surface area contributed by atoms with Gasteiger partial charge in [0.25, 0.3) is 0 Å². The molecule has 0 spiro atoms. The van der Waals surface area contributed by atoms with Crippen LogP contribution in [0.3, 0.4) is 0 Å². The first-order valence-corrected chi connectivity index (χ1v) is 7.28. The van der Waals surface area contributed by atoms with Crippen molar-refractivity contribution in [1.82, 2.24) is 15.0 Å². The molecule has 6 nitrogen and oxygen atoms in total. The van der Waals surface area contributed by atoms with Crippen molar-refractivity contribution in [2.45, 2.75) is 26.2 Å².